The fourth-order valence-corrected chi connectivity index (χ4v) is 8.10. The van der Waals surface area contributed by atoms with E-state index < -0.39 is 71.6 Å². The van der Waals surface area contributed by atoms with Gasteiger partial charge in [0.15, 0.2) is 0 Å². The third-order valence-corrected chi connectivity index (χ3v) is 11.9. The molecule has 21 heteroatoms. The molecule has 1 fully saturated rings. The summed E-state index contributed by atoms with van der Waals surface area (Å²) >= 11 is 0. The van der Waals surface area contributed by atoms with Gasteiger partial charge in [-0.1, -0.05) is 93.6 Å². The summed E-state index contributed by atoms with van der Waals surface area (Å²) in [6.07, 6.45) is 5.46. The molecule has 0 unspecified atom stereocenters. The van der Waals surface area contributed by atoms with Crippen molar-refractivity contribution in [2.24, 2.45) is 17.6 Å². The van der Waals surface area contributed by atoms with E-state index in [0.717, 1.165) is 76.5 Å². The van der Waals surface area contributed by atoms with Gasteiger partial charge in [0.2, 0.25) is 29.5 Å². The first kappa shape index (κ1) is 60.1. The number of nitrogens with two attached hydrogens (primary N) is 1. The van der Waals surface area contributed by atoms with Crippen LogP contribution >= 0.6 is 0 Å². The van der Waals surface area contributed by atoms with Gasteiger partial charge in [-0.05, 0) is 94.2 Å². The van der Waals surface area contributed by atoms with Crippen LogP contribution in [0, 0.1) is 11.8 Å². The topological polar surface area (TPSA) is 279 Å². The minimum absolute atomic E-state index is 0. The zero-order chi connectivity index (χ0) is 50.7. The average molecular weight is 1040 g/mol. The third-order valence-electron chi connectivity index (χ3n) is 11.9. The van der Waals surface area contributed by atoms with Gasteiger partial charge in [0.25, 0.3) is 0 Å². The SMILES string of the molecule is CC(C)C[C@H](NC(=O)[C@H](CCCCN)NC(=O)Cn1cc(CN2CCCNCCNCCCNCC2)nn1)C(=O)N[C@H](C(=O)N[C@@H](Cc1ccccc1)C(=O)N[C@@H](Cc1ccccc1)C(=O)O)C(C)C.[Zn]. The van der Waals surface area contributed by atoms with E-state index >= 15 is 0 Å². The van der Waals surface area contributed by atoms with Gasteiger partial charge in [-0.25, -0.2) is 9.48 Å². The standard InChI is InChI=1S/C50H79N13O7.Zn/c1-35(2)29-41(48(67)59-45(36(3)4)49(68)57-42(30-37-15-7-5-8-16-37)47(66)58-43(50(69)70)31-38-17-9-6-10-18-38)56-46(65)40(19-11-12-20-51)55-44(64)34-63-33-39(60-61-63)32-62-27-14-23-53-25-24-52-21-13-22-54-26-28-62;/h5-10,15-18,33,35-36,40-43,45,52-54H,11-14,19-32,34,51H2,1-4H3,(H,55,64)(H,56,65)(H,57,68)(H,58,66)(H,59,67)(H,69,70);/t40-,41-,42-,43-,45-;/m0./s1. The Balaban J connectivity index is 0.0000133. The van der Waals surface area contributed by atoms with Crippen molar-refractivity contribution in [2.75, 3.05) is 58.9 Å². The second-order valence-corrected chi connectivity index (χ2v) is 18.8. The molecule has 2 heterocycles. The van der Waals surface area contributed by atoms with Crippen LogP contribution in [-0.4, -0.2) is 150 Å². The summed E-state index contributed by atoms with van der Waals surface area (Å²) < 4.78 is 1.45. The summed E-state index contributed by atoms with van der Waals surface area (Å²) in [4.78, 5) is 84.4. The van der Waals surface area contributed by atoms with Crippen molar-refractivity contribution in [3.63, 3.8) is 0 Å². The predicted molar refractivity (Wildman–Crippen MR) is 268 cm³/mol. The van der Waals surface area contributed by atoms with Gasteiger partial charge in [0.05, 0.1) is 11.9 Å². The number of hydrogen-bond acceptors (Lipinski definition) is 13. The van der Waals surface area contributed by atoms with E-state index in [2.05, 4.69) is 57.7 Å². The number of aliphatic carboxylic acids is 1. The summed E-state index contributed by atoms with van der Waals surface area (Å²) in [6, 6.07) is 12.2. The number of unbranched alkanes of at least 4 members (excludes halogenated alkanes) is 1. The third kappa shape index (κ3) is 23.3. The molecule has 1 aliphatic heterocycles. The fourth-order valence-electron chi connectivity index (χ4n) is 8.10. The van der Waals surface area contributed by atoms with E-state index in [1.807, 2.05) is 26.0 Å². The maximum Gasteiger partial charge on any atom is 0.326 e. The minimum Gasteiger partial charge on any atom is -0.480 e. The van der Waals surface area contributed by atoms with Crippen molar-refractivity contribution in [1.82, 2.24) is 62.4 Å². The number of nitrogens with zero attached hydrogens (tertiary/aromatic N) is 4. The maximum atomic E-state index is 14.2. The van der Waals surface area contributed by atoms with Gasteiger partial charge in [-0.15, -0.1) is 5.10 Å². The molecule has 20 nitrogen and oxygen atoms in total. The fraction of sp³-hybridized carbons (Fsp3) is 0.600. The average Bonchev–Trinajstić information content (AvgIpc) is 3.77. The first-order chi connectivity index (χ1) is 33.7. The predicted octanol–water partition coefficient (Wildman–Crippen LogP) is 0.465. The summed E-state index contributed by atoms with van der Waals surface area (Å²) in [5.74, 6) is -4.78. The quantitative estimate of drug-likeness (QED) is 0.0408. The molecular formula is C50H79N13O7Zn. The van der Waals surface area contributed by atoms with Crippen molar-refractivity contribution < 1.29 is 53.4 Å². The normalized spacial score (nSPS) is 16.2. The Bertz CT molecular complexity index is 2030. The molecule has 0 saturated carbocycles. The van der Waals surface area contributed by atoms with Crippen LogP contribution in [0.4, 0.5) is 0 Å². The van der Waals surface area contributed by atoms with Crippen LogP contribution in [0.5, 0.6) is 0 Å². The monoisotopic (exact) mass is 1040 g/mol. The molecule has 2 aromatic carbocycles. The summed E-state index contributed by atoms with van der Waals surface area (Å²) in [5, 5.41) is 42.9. The first-order valence-electron chi connectivity index (χ1n) is 25.0. The number of aromatic nitrogens is 3. The minimum atomic E-state index is -1.28. The zero-order valence-electron chi connectivity index (χ0n) is 42.3. The second kappa shape index (κ2) is 33.5. The van der Waals surface area contributed by atoms with Gasteiger partial charge in [-0.3, -0.25) is 28.9 Å². The molecule has 4 rings (SSSR count). The molecule has 1 saturated heterocycles. The number of benzene rings is 2. The Morgan fingerprint density at radius 3 is 1.83 bits per heavy atom. The Kier molecular flexibility index (Phi) is 28.3. The molecule has 11 N–H and O–H groups in total. The van der Waals surface area contributed by atoms with Gasteiger partial charge in [0, 0.05) is 65.0 Å². The molecule has 0 aliphatic carbocycles. The Morgan fingerprint density at radius 2 is 1.23 bits per heavy atom. The van der Waals surface area contributed by atoms with Crippen molar-refractivity contribution in [3.05, 3.63) is 83.7 Å². The van der Waals surface area contributed by atoms with Crippen molar-refractivity contribution in [3.8, 4) is 0 Å². The Labute approximate surface area is 432 Å². The Hall–Kier alpha value is -5.18. The summed E-state index contributed by atoms with van der Waals surface area (Å²) in [6.45, 7) is 15.3. The molecule has 5 amide bonds. The summed E-state index contributed by atoms with van der Waals surface area (Å²) in [5.41, 5.74) is 7.94. The Morgan fingerprint density at radius 1 is 0.662 bits per heavy atom. The molecule has 0 bridgehead atoms. The second-order valence-electron chi connectivity index (χ2n) is 18.8. The van der Waals surface area contributed by atoms with Crippen LogP contribution in [0.2, 0.25) is 0 Å². The molecule has 0 spiro atoms. The van der Waals surface area contributed by atoms with Crippen LogP contribution in [0.25, 0.3) is 0 Å². The summed E-state index contributed by atoms with van der Waals surface area (Å²) in [7, 11) is 0. The number of nitrogens with one attached hydrogen (secondary N) is 8. The van der Waals surface area contributed by atoms with E-state index in [9.17, 15) is 33.9 Å². The van der Waals surface area contributed by atoms with Crippen LogP contribution in [-0.2, 0) is 74.2 Å². The molecular weight excluding hydrogens is 960 g/mol. The zero-order valence-corrected chi connectivity index (χ0v) is 45.3. The molecule has 71 heavy (non-hydrogen) atoms. The van der Waals surface area contributed by atoms with Crippen LogP contribution in [0.1, 0.15) is 83.0 Å². The number of carboxylic acids is 1. The molecule has 1 aromatic heterocycles. The number of carbonyl (C=O) groups excluding carboxylic acids is 5. The smallest absolute Gasteiger partial charge is 0.326 e. The van der Waals surface area contributed by atoms with E-state index in [0.29, 0.717) is 31.5 Å². The molecule has 388 valence electrons. The number of rotatable bonds is 25. The van der Waals surface area contributed by atoms with Crippen molar-refractivity contribution in [1.29, 1.82) is 0 Å². The van der Waals surface area contributed by atoms with Crippen LogP contribution in [0.15, 0.2) is 66.9 Å². The van der Waals surface area contributed by atoms with Gasteiger partial charge < -0.3 is 53.4 Å². The van der Waals surface area contributed by atoms with E-state index in [1.165, 1.54) is 4.68 Å². The largest absolute Gasteiger partial charge is 0.480 e. The number of amides is 5. The maximum absolute atomic E-state index is 14.2. The van der Waals surface area contributed by atoms with E-state index in [4.69, 9.17) is 5.73 Å². The van der Waals surface area contributed by atoms with Crippen LogP contribution < -0.4 is 48.3 Å². The van der Waals surface area contributed by atoms with Crippen molar-refractivity contribution in [2.45, 2.75) is 122 Å². The number of carbonyl (C=O) groups is 6. The van der Waals surface area contributed by atoms with Gasteiger partial charge >= 0.3 is 5.97 Å². The van der Waals surface area contributed by atoms with Gasteiger partial charge in [-0.2, -0.15) is 0 Å². The number of hydrogen-bond donors (Lipinski definition) is 10. The first-order valence-corrected chi connectivity index (χ1v) is 25.0. The van der Waals surface area contributed by atoms with E-state index in [1.54, 1.807) is 68.6 Å². The molecule has 3 aromatic rings. The number of carboxylic acid groups (broad SMARTS) is 1. The van der Waals surface area contributed by atoms with Gasteiger partial charge in [0.1, 0.15) is 36.8 Å². The molecule has 1 aliphatic rings. The van der Waals surface area contributed by atoms with Crippen molar-refractivity contribution >= 4 is 35.5 Å². The molecule has 0 radical (unpaired) electrons. The van der Waals surface area contributed by atoms with Crippen LogP contribution in [0.3, 0.4) is 0 Å². The van der Waals surface area contributed by atoms with E-state index in [-0.39, 0.29) is 57.6 Å². The molecule has 5 atom stereocenters.